The molecule has 1 aliphatic heterocycles. The van der Waals surface area contributed by atoms with Crippen molar-refractivity contribution < 1.29 is 14.3 Å². The number of carbonyl (C=O) groups excluding carboxylic acids is 2. The predicted octanol–water partition coefficient (Wildman–Crippen LogP) is 2.31. The Balaban J connectivity index is 1.78. The van der Waals surface area contributed by atoms with Crippen LogP contribution in [-0.2, 0) is 16.1 Å². The summed E-state index contributed by atoms with van der Waals surface area (Å²) in [6.45, 7) is 5.22. The van der Waals surface area contributed by atoms with Crippen molar-refractivity contribution in [2.24, 2.45) is 0 Å². The normalized spacial score (nSPS) is 17.1. The summed E-state index contributed by atoms with van der Waals surface area (Å²) in [7, 11) is 0. The Morgan fingerprint density at radius 2 is 1.86 bits per heavy atom. The van der Waals surface area contributed by atoms with Gasteiger partial charge in [-0.15, -0.1) is 0 Å². The van der Waals surface area contributed by atoms with Gasteiger partial charge in [-0.25, -0.2) is 4.79 Å². The van der Waals surface area contributed by atoms with E-state index in [1.165, 1.54) is 0 Å². The second-order valence-corrected chi connectivity index (χ2v) is 5.68. The van der Waals surface area contributed by atoms with Crippen LogP contribution in [-0.4, -0.2) is 35.6 Å². The van der Waals surface area contributed by atoms with Crippen molar-refractivity contribution in [2.75, 3.05) is 13.1 Å². The van der Waals surface area contributed by atoms with E-state index in [1.807, 2.05) is 37.3 Å². The number of ether oxygens (including phenoxy) is 1. The third-order valence-electron chi connectivity index (χ3n) is 3.89. The third-order valence-corrected chi connectivity index (χ3v) is 3.89. The number of rotatable bonds is 3. The van der Waals surface area contributed by atoms with Crippen molar-refractivity contribution in [3.8, 4) is 0 Å². The maximum Gasteiger partial charge on any atom is 0.407 e. The molecule has 5 nitrogen and oxygen atoms in total. The number of alkyl carbamates (subject to hydrolysis) is 1. The minimum atomic E-state index is -0.493. The zero-order chi connectivity index (χ0) is 15.3. The first-order valence-electron chi connectivity index (χ1n) is 7.25. The lowest BCUT2D eigenvalue weighted by Gasteiger charge is -2.38. The van der Waals surface area contributed by atoms with Gasteiger partial charge in [-0.1, -0.05) is 30.3 Å². The molecule has 0 radical (unpaired) electrons. The summed E-state index contributed by atoms with van der Waals surface area (Å²) in [4.78, 5) is 25.0. The molecule has 0 atom stereocenters. The molecule has 21 heavy (non-hydrogen) atoms. The third kappa shape index (κ3) is 4.48. The first-order valence-corrected chi connectivity index (χ1v) is 7.25. The minimum Gasteiger partial charge on any atom is -0.443 e. The van der Waals surface area contributed by atoms with Crippen molar-refractivity contribution >= 4 is 12.0 Å². The van der Waals surface area contributed by atoms with Crippen LogP contribution in [0.3, 0.4) is 0 Å². The van der Waals surface area contributed by atoms with Gasteiger partial charge in [0.15, 0.2) is 0 Å². The van der Waals surface area contributed by atoms with E-state index in [-0.39, 0.29) is 5.91 Å². The van der Waals surface area contributed by atoms with Gasteiger partial charge in [-0.3, -0.25) is 4.79 Å². The monoisotopic (exact) mass is 290 g/mol. The van der Waals surface area contributed by atoms with E-state index < -0.39 is 11.7 Å². The summed E-state index contributed by atoms with van der Waals surface area (Å²) in [5, 5.41) is 2.76. The molecular weight excluding hydrogens is 268 g/mol. The Labute approximate surface area is 125 Å². The second kappa shape index (κ2) is 6.61. The molecule has 1 fully saturated rings. The van der Waals surface area contributed by atoms with Crippen molar-refractivity contribution in [1.82, 2.24) is 10.2 Å². The first-order chi connectivity index (χ1) is 9.98. The van der Waals surface area contributed by atoms with Crippen LogP contribution in [0.2, 0.25) is 0 Å². The van der Waals surface area contributed by atoms with Crippen molar-refractivity contribution in [1.29, 1.82) is 0 Å². The van der Waals surface area contributed by atoms with E-state index in [2.05, 4.69) is 5.32 Å². The number of piperidine rings is 1. The van der Waals surface area contributed by atoms with E-state index in [0.29, 0.717) is 32.5 Å². The Morgan fingerprint density at radius 1 is 1.24 bits per heavy atom. The highest BCUT2D eigenvalue weighted by Crippen LogP contribution is 2.26. The zero-order valence-electron chi connectivity index (χ0n) is 12.6. The van der Waals surface area contributed by atoms with Crippen LogP contribution in [0, 0.1) is 0 Å². The number of carbonyl (C=O) groups is 2. The van der Waals surface area contributed by atoms with Crippen LogP contribution in [0.4, 0.5) is 4.79 Å². The second-order valence-electron chi connectivity index (χ2n) is 5.68. The fourth-order valence-electron chi connectivity index (χ4n) is 2.43. The lowest BCUT2D eigenvalue weighted by atomic mass is 9.93. The highest BCUT2D eigenvalue weighted by molar-refractivity contribution is 5.73. The van der Waals surface area contributed by atoms with Crippen LogP contribution < -0.4 is 5.32 Å². The number of benzene rings is 1. The quantitative estimate of drug-likeness (QED) is 0.929. The number of likely N-dealkylation sites (tertiary alicyclic amines) is 1. The lowest BCUT2D eigenvalue weighted by molar-refractivity contribution is -0.132. The number of hydrogen-bond donors (Lipinski definition) is 1. The van der Waals surface area contributed by atoms with Crippen molar-refractivity contribution in [2.45, 2.75) is 38.8 Å². The van der Waals surface area contributed by atoms with Crippen LogP contribution in [0.25, 0.3) is 0 Å². The van der Waals surface area contributed by atoms with Crippen LogP contribution in [0.5, 0.6) is 0 Å². The smallest absolute Gasteiger partial charge is 0.407 e. The number of amides is 2. The van der Waals surface area contributed by atoms with Gasteiger partial charge in [-0.2, -0.15) is 0 Å². The Morgan fingerprint density at radius 3 is 2.43 bits per heavy atom. The molecule has 0 spiro atoms. The van der Waals surface area contributed by atoms with Gasteiger partial charge in [0.2, 0.25) is 5.91 Å². The van der Waals surface area contributed by atoms with Crippen LogP contribution in [0.1, 0.15) is 32.3 Å². The molecule has 0 bridgehead atoms. The molecule has 5 heteroatoms. The zero-order valence-corrected chi connectivity index (χ0v) is 12.6. The predicted molar refractivity (Wildman–Crippen MR) is 79.7 cm³/mol. The van der Waals surface area contributed by atoms with Gasteiger partial charge in [0.1, 0.15) is 5.60 Å². The van der Waals surface area contributed by atoms with Gasteiger partial charge in [-0.05, 0) is 12.5 Å². The summed E-state index contributed by atoms with van der Waals surface area (Å²) in [6, 6.07) is 9.70. The summed E-state index contributed by atoms with van der Waals surface area (Å²) < 4.78 is 5.54. The first kappa shape index (κ1) is 15.4. The Hall–Kier alpha value is -2.04. The highest BCUT2D eigenvalue weighted by Gasteiger charge is 2.34. The minimum absolute atomic E-state index is 0.0746. The van der Waals surface area contributed by atoms with Gasteiger partial charge >= 0.3 is 6.09 Å². The van der Waals surface area contributed by atoms with E-state index in [1.54, 1.807) is 11.8 Å². The molecule has 1 aromatic rings. The van der Waals surface area contributed by atoms with Gasteiger partial charge in [0.05, 0.1) is 0 Å². The summed E-state index contributed by atoms with van der Waals surface area (Å²) in [6.07, 6.45) is 0.939. The van der Waals surface area contributed by atoms with Crippen molar-refractivity contribution in [3.63, 3.8) is 0 Å². The number of nitrogens with one attached hydrogen (secondary N) is 1. The average Bonchev–Trinajstić information content (AvgIpc) is 2.46. The average molecular weight is 290 g/mol. The number of hydrogen-bond acceptors (Lipinski definition) is 3. The van der Waals surface area contributed by atoms with Gasteiger partial charge < -0.3 is 15.0 Å². The molecule has 0 aromatic heterocycles. The van der Waals surface area contributed by atoms with E-state index in [9.17, 15) is 9.59 Å². The number of nitrogens with zero attached hydrogens (tertiary/aromatic N) is 1. The molecule has 2 rings (SSSR count). The molecule has 1 saturated heterocycles. The fourth-order valence-corrected chi connectivity index (χ4v) is 2.43. The topological polar surface area (TPSA) is 58.6 Å². The highest BCUT2D eigenvalue weighted by atomic mass is 16.6. The molecule has 0 aliphatic carbocycles. The summed E-state index contributed by atoms with van der Waals surface area (Å²) in [5.41, 5.74) is 0.540. The van der Waals surface area contributed by atoms with Gasteiger partial charge in [0.25, 0.3) is 0 Å². The molecule has 0 saturated carbocycles. The van der Waals surface area contributed by atoms with Crippen LogP contribution in [0.15, 0.2) is 30.3 Å². The van der Waals surface area contributed by atoms with Gasteiger partial charge in [0, 0.05) is 39.4 Å². The molecule has 0 unspecified atom stereocenters. The Bertz CT molecular complexity index is 494. The standard InChI is InChI=1S/C16H22N2O3/c1-13(19)18-10-8-16(2,9-11-18)21-15(20)17-12-14-6-4-3-5-7-14/h3-7H,8-12H2,1-2H3,(H,17,20). The lowest BCUT2D eigenvalue weighted by Crippen LogP contribution is -2.47. The fraction of sp³-hybridized carbons (Fsp3) is 0.500. The summed E-state index contributed by atoms with van der Waals surface area (Å²) in [5.74, 6) is 0.0746. The SMILES string of the molecule is CC(=O)N1CCC(C)(OC(=O)NCc2ccccc2)CC1. The molecular formula is C16H22N2O3. The molecule has 1 aromatic carbocycles. The maximum absolute atomic E-state index is 11.9. The van der Waals surface area contributed by atoms with E-state index >= 15 is 0 Å². The van der Waals surface area contributed by atoms with E-state index in [4.69, 9.17) is 4.74 Å². The molecule has 2 amide bonds. The molecule has 114 valence electrons. The Kier molecular flexibility index (Phi) is 4.83. The van der Waals surface area contributed by atoms with Crippen molar-refractivity contribution in [3.05, 3.63) is 35.9 Å². The summed E-state index contributed by atoms with van der Waals surface area (Å²) >= 11 is 0. The van der Waals surface area contributed by atoms with Crippen LogP contribution >= 0.6 is 0 Å². The maximum atomic E-state index is 11.9. The molecule has 1 heterocycles. The molecule has 1 N–H and O–H groups in total. The molecule has 1 aliphatic rings. The largest absolute Gasteiger partial charge is 0.443 e. The van der Waals surface area contributed by atoms with E-state index in [0.717, 1.165) is 5.56 Å².